The fraction of sp³-hybridized carbons (Fsp3) is 0.650. The van der Waals surface area contributed by atoms with Crippen LogP contribution in [0, 0.1) is 0 Å². The third kappa shape index (κ3) is 4.51. The highest BCUT2D eigenvalue weighted by molar-refractivity contribution is 5.74. The Hall–Kier alpha value is -2.31. The molecule has 3 rings (SSSR count). The molecule has 2 aliphatic heterocycles. The maximum atomic E-state index is 12.3. The van der Waals surface area contributed by atoms with E-state index >= 15 is 0 Å². The molecular weight excluding hydrogens is 344 g/mol. The number of hydrogen-bond donors (Lipinski definition) is 0. The maximum absolute atomic E-state index is 12.3. The molecule has 1 aromatic rings. The number of pyridine rings is 1. The summed E-state index contributed by atoms with van der Waals surface area (Å²) in [5, 5.41) is 0. The minimum Gasteiger partial charge on any atom is -0.444 e. The first kappa shape index (κ1) is 19.5. The van der Waals surface area contributed by atoms with Crippen LogP contribution in [0.1, 0.15) is 52.1 Å². The Morgan fingerprint density at radius 1 is 1.15 bits per heavy atom. The van der Waals surface area contributed by atoms with Crippen LogP contribution in [-0.2, 0) is 9.53 Å². The van der Waals surface area contributed by atoms with Crippen LogP contribution in [0.3, 0.4) is 0 Å². The zero-order chi connectivity index (χ0) is 19.6. The van der Waals surface area contributed by atoms with Crippen LogP contribution in [-0.4, -0.2) is 65.1 Å². The molecule has 27 heavy (non-hydrogen) atoms. The lowest BCUT2D eigenvalue weighted by Crippen LogP contribution is -2.50. The molecule has 2 fully saturated rings. The number of nitrogens with zero attached hydrogens (tertiary/aromatic N) is 4. The van der Waals surface area contributed by atoms with Crippen LogP contribution < -0.4 is 4.90 Å². The van der Waals surface area contributed by atoms with Gasteiger partial charge in [0.1, 0.15) is 11.4 Å². The van der Waals surface area contributed by atoms with Gasteiger partial charge in [-0.25, -0.2) is 9.78 Å². The second-order valence-electron chi connectivity index (χ2n) is 8.24. The van der Waals surface area contributed by atoms with Gasteiger partial charge in [-0.15, -0.1) is 0 Å². The summed E-state index contributed by atoms with van der Waals surface area (Å²) in [6.45, 7) is 10.7. The van der Waals surface area contributed by atoms with E-state index < -0.39 is 5.60 Å². The van der Waals surface area contributed by atoms with E-state index in [-0.39, 0.29) is 18.0 Å². The normalized spacial score (nSPS) is 20.7. The van der Waals surface area contributed by atoms with E-state index in [0.717, 1.165) is 30.8 Å². The number of ether oxygens (including phenoxy) is 1. The minimum absolute atomic E-state index is 0.0927. The lowest BCUT2D eigenvalue weighted by atomic mass is 10.0. The highest BCUT2D eigenvalue weighted by Gasteiger charge is 2.32. The zero-order valence-corrected chi connectivity index (χ0v) is 16.8. The third-order valence-corrected chi connectivity index (χ3v) is 5.06. The maximum Gasteiger partial charge on any atom is 0.410 e. The van der Waals surface area contributed by atoms with Gasteiger partial charge >= 0.3 is 6.09 Å². The molecule has 7 heteroatoms. The van der Waals surface area contributed by atoms with Crippen LogP contribution in [0.25, 0.3) is 0 Å². The summed E-state index contributed by atoms with van der Waals surface area (Å²) in [6, 6.07) is 4.11. The summed E-state index contributed by atoms with van der Waals surface area (Å²) in [6.07, 6.45) is 3.52. The third-order valence-electron chi connectivity index (χ3n) is 5.06. The predicted molar refractivity (Wildman–Crippen MR) is 104 cm³/mol. The number of likely N-dealkylation sites (tertiary alicyclic amines) is 1. The Morgan fingerprint density at radius 3 is 2.48 bits per heavy atom. The molecule has 1 aromatic heterocycles. The van der Waals surface area contributed by atoms with Crippen molar-refractivity contribution in [2.75, 3.05) is 37.6 Å². The average molecular weight is 374 g/mol. The Kier molecular flexibility index (Phi) is 5.58. The molecule has 0 aliphatic carbocycles. The molecule has 2 saturated heterocycles. The van der Waals surface area contributed by atoms with Gasteiger partial charge < -0.3 is 19.4 Å². The summed E-state index contributed by atoms with van der Waals surface area (Å²) in [7, 11) is 0. The Labute approximate surface area is 161 Å². The highest BCUT2D eigenvalue weighted by Crippen LogP contribution is 2.36. The Balaban J connectivity index is 1.70. The molecule has 0 radical (unpaired) electrons. The van der Waals surface area contributed by atoms with Gasteiger partial charge in [-0.3, -0.25) is 4.79 Å². The first-order chi connectivity index (χ1) is 12.8. The first-order valence-electron chi connectivity index (χ1n) is 9.71. The van der Waals surface area contributed by atoms with Crippen molar-refractivity contribution in [2.24, 2.45) is 0 Å². The van der Waals surface area contributed by atoms with Crippen LogP contribution in [0.5, 0.6) is 0 Å². The SMILES string of the molecule is CC(=O)N1CCCC1c1cccnc1N1CCN(C(=O)OC(C)(C)C)CC1. The van der Waals surface area contributed by atoms with E-state index in [1.807, 2.05) is 31.7 Å². The number of carbonyl (C=O) groups excluding carboxylic acids is 2. The van der Waals surface area contributed by atoms with Crippen molar-refractivity contribution in [1.29, 1.82) is 0 Å². The van der Waals surface area contributed by atoms with Crippen LogP contribution in [0.2, 0.25) is 0 Å². The summed E-state index contributed by atoms with van der Waals surface area (Å²) >= 11 is 0. The highest BCUT2D eigenvalue weighted by atomic mass is 16.6. The second-order valence-corrected chi connectivity index (χ2v) is 8.24. The number of amides is 2. The van der Waals surface area contributed by atoms with E-state index in [1.165, 1.54) is 0 Å². The number of anilines is 1. The summed E-state index contributed by atoms with van der Waals surface area (Å²) in [4.78, 5) is 34.8. The van der Waals surface area contributed by atoms with Crippen LogP contribution >= 0.6 is 0 Å². The van der Waals surface area contributed by atoms with Gasteiger partial charge in [-0.05, 0) is 39.7 Å². The molecule has 1 atom stereocenters. The van der Waals surface area contributed by atoms with Gasteiger partial charge in [-0.1, -0.05) is 6.07 Å². The van der Waals surface area contributed by atoms with Gasteiger partial charge in [0.2, 0.25) is 5.91 Å². The number of aromatic nitrogens is 1. The lowest BCUT2D eigenvalue weighted by molar-refractivity contribution is -0.129. The van der Waals surface area contributed by atoms with Gasteiger partial charge in [0.25, 0.3) is 0 Å². The van der Waals surface area contributed by atoms with Gasteiger partial charge in [-0.2, -0.15) is 0 Å². The van der Waals surface area contributed by atoms with Crippen molar-refractivity contribution in [3.63, 3.8) is 0 Å². The molecule has 2 amide bonds. The smallest absolute Gasteiger partial charge is 0.410 e. The van der Waals surface area contributed by atoms with Crippen molar-refractivity contribution in [3.05, 3.63) is 23.9 Å². The summed E-state index contributed by atoms with van der Waals surface area (Å²) < 4.78 is 5.47. The molecule has 0 N–H and O–H groups in total. The van der Waals surface area contributed by atoms with Crippen LogP contribution in [0.4, 0.5) is 10.6 Å². The largest absolute Gasteiger partial charge is 0.444 e. The monoisotopic (exact) mass is 374 g/mol. The Morgan fingerprint density at radius 2 is 1.85 bits per heavy atom. The molecule has 7 nitrogen and oxygen atoms in total. The van der Waals surface area contributed by atoms with Crippen molar-refractivity contribution < 1.29 is 14.3 Å². The molecule has 0 saturated carbocycles. The number of carbonyl (C=O) groups is 2. The number of piperazine rings is 1. The lowest BCUT2D eigenvalue weighted by Gasteiger charge is -2.37. The molecule has 1 unspecified atom stereocenters. The standard InChI is InChI=1S/C20H30N4O3/c1-15(25)24-10-6-8-17(24)16-7-5-9-21-18(16)22-11-13-23(14-12-22)19(26)27-20(2,3)4/h5,7,9,17H,6,8,10-14H2,1-4H3. The summed E-state index contributed by atoms with van der Waals surface area (Å²) in [5.74, 6) is 1.04. The molecule has 148 valence electrons. The number of rotatable bonds is 2. The fourth-order valence-electron chi connectivity index (χ4n) is 3.83. The van der Waals surface area contributed by atoms with Crippen molar-refractivity contribution >= 4 is 17.8 Å². The topological polar surface area (TPSA) is 66.0 Å². The predicted octanol–water partition coefficient (Wildman–Crippen LogP) is 2.82. The van der Waals surface area contributed by atoms with Crippen molar-refractivity contribution in [2.45, 2.75) is 52.2 Å². The molecule has 0 spiro atoms. The average Bonchev–Trinajstić information content (AvgIpc) is 3.10. The van der Waals surface area contributed by atoms with Gasteiger partial charge in [0, 0.05) is 51.4 Å². The molecule has 3 heterocycles. The zero-order valence-electron chi connectivity index (χ0n) is 16.8. The molecule has 2 aliphatic rings. The van der Waals surface area contributed by atoms with Crippen molar-refractivity contribution in [1.82, 2.24) is 14.8 Å². The van der Waals surface area contributed by atoms with Crippen LogP contribution in [0.15, 0.2) is 18.3 Å². The van der Waals surface area contributed by atoms with Gasteiger partial charge in [0.05, 0.1) is 6.04 Å². The van der Waals surface area contributed by atoms with E-state index in [4.69, 9.17) is 4.74 Å². The number of hydrogen-bond acceptors (Lipinski definition) is 5. The van der Waals surface area contributed by atoms with Gasteiger partial charge in [0.15, 0.2) is 0 Å². The van der Waals surface area contributed by atoms with E-state index in [1.54, 1.807) is 18.0 Å². The Bertz CT molecular complexity index is 693. The molecule has 0 aromatic carbocycles. The second kappa shape index (κ2) is 7.74. The van der Waals surface area contributed by atoms with Crippen molar-refractivity contribution in [3.8, 4) is 0 Å². The van der Waals surface area contributed by atoms with E-state index in [9.17, 15) is 9.59 Å². The quantitative estimate of drug-likeness (QED) is 0.796. The van der Waals surface area contributed by atoms with E-state index in [0.29, 0.717) is 26.2 Å². The fourth-order valence-corrected chi connectivity index (χ4v) is 3.83. The van der Waals surface area contributed by atoms with E-state index in [2.05, 4.69) is 16.0 Å². The first-order valence-corrected chi connectivity index (χ1v) is 9.71. The molecular formula is C20H30N4O3. The minimum atomic E-state index is -0.485. The summed E-state index contributed by atoms with van der Waals surface area (Å²) in [5.41, 5.74) is 0.622. The molecule has 0 bridgehead atoms.